The van der Waals surface area contributed by atoms with E-state index < -0.39 is 0 Å². The summed E-state index contributed by atoms with van der Waals surface area (Å²) < 4.78 is 2.36. The second kappa shape index (κ2) is 8.68. The predicted molar refractivity (Wildman–Crippen MR) is 151 cm³/mol. The number of fused-ring (bicyclic) bond motifs is 3. The molecule has 0 N–H and O–H groups in total. The van der Waals surface area contributed by atoms with Crippen LogP contribution in [0.15, 0.2) is 78.8 Å². The Labute approximate surface area is 203 Å². The molecule has 0 saturated heterocycles. The summed E-state index contributed by atoms with van der Waals surface area (Å²) in [7, 11) is 0. The van der Waals surface area contributed by atoms with Crippen molar-refractivity contribution in [3.05, 3.63) is 112 Å². The summed E-state index contributed by atoms with van der Waals surface area (Å²) >= 11 is 0. The Kier molecular flexibility index (Phi) is 5.69. The van der Waals surface area contributed by atoms with Crippen molar-refractivity contribution in [3.8, 4) is 0 Å². The SMILES string of the molecule is Cc1cc(C)c(B(C=Cn2c3ccccc3c3ccccc32)c2c(C)cc(C)cc2C)c(C)c1. The van der Waals surface area contributed by atoms with E-state index in [1.54, 1.807) is 0 Å². The maximum Gasteiger partial charge on any atom is 0.236 e. The molecular formula is C32H32BN. The Morgan fingerprint density at radius 3 is 1.35 bits per heavy atom. The van der Waals surface area contributed by atoms with Crippen molar-refractivity contribution in [2.45, 2.75) is 41.5 Å². The fourth-order valence-electron chi connectivity index (χ4n) is 5.99. The summed E-state index contributed by atoms with van der Waals surface area (Å²) in [5.41, 5.74) is 13.4. The zero-order valence-electron chi connectivity index (χ0n) is 21.1. The number of hydrogen-bond donors (Lipinski definition) is 0. The van der Waals surface area contributed by atoms with Crippen molar-refractivity contribution in [2.75, 3.05) is 0 Å². The number of rotatable bonds is 4. The van der Waals surface area contributed by atoms with Crippen LogP contribution in [0.5, 0.6) is 0 Å². The lowest BCUT2D eigenvalue weighted by Gasteiger charge is -2.22. The fourth-order valence-corrected chi connectivity index (χ4v) is 5.99. The van der Waals surface area contributed by atoms with Gasteiger partial charge >= 0.3 is 0 Å². The van der Waals surface area contributed by atoms with Crippen LogP contribution in [0.3, 0.4) is 0 Å². The molecular weight excluding hydrogens is 409 g/mol. The molecule has 0 spiro atoms. The fraction of sp³-hybridized carbons (Fsp3) is 0.188. The predicted octanol–water partition coefficient (Wildman–Crippen LogP) is 6.96. The highest BCUT2D eigenvalue weighted by atomic mass is 14.9. The van der Waals surface area contributed by atoms with E-state index >= 15 is 0 Å². The maximum absolute atomic E-state index is 2.41. The first-order chi connectivity index (χ1) is 16.3. The molecule has 0 aliphatic heterocycles. The molecule has 4 aromatic carbocycles. The van der Waals surface area contributed by atoms with Crippen molar-refractivity contribution in [1.29, 1.82) is 0 Å². The van der Waals surface area contributed by atoms with Gasteiger partial charge in [-0.15, -0.1) is 0 Å². The summed E-state index contributed by atoms with van der Waals surface area (Å²) in [5, 5.41) is 2.59. The molecule has 0 fully saturated rings. The third-order valence-electron chi connectivity index (χ3n) is 7.14. The standard InChI is InChI=1S/C32H32BN/c1-21-17-23(3)31(24(4)18-21)33(32-25(5)19-22(2)20-26(32)6)15-16-34-29-13-9-7-11-27(29)28-12-8-10-14-30(28)34/h7-20H,1-6H3. The Balaban J connectivity index is 1.77. The van der Waals surface area contributed by atoms with E-state index in [0.29, 0.717) is 0 Å². The summed E-state index contributed by atoms with van der Waals surface area (Å²) in [6, 6.07) is 26.7. The summed E-state index contributed by atoms with van der Waals surface area (Å²) in [5.74, 6) is 2.41. The van der Waals surface area contributed by atoms with Gasteiger partial charge < -0.3 is 4.57 Å². The Hall–Kier alpha value is -3.52. The second-order valence-electron chi connectivity index (χ2n) is 9.85. The van der Waals surface area contributed by atoms with Gasteiger partial charge in [-0.05, 0) is 59.9 Å². The quantitative estimate of drug-likeness (QED) is 0.266. The molecule has 0 saturated carbocycles. The van der Waals surface area contributed by atoms with Crippen LogP contribution in [-0.2, 0) is 0 Å². The molecule has 0 aliphatic rings. The zero-order valence-corrected chi connectivity index (χ0v) is 21.1. The van der Waals surface area contributed by atoms with E-state index in [2.05, 4.69) is 131 Å². The average Bonchev–Trinajstić information content (AvgIpc) is 3.09. The second-order valence-corrected chi connectivity index (χ2v) is 9.85. The maximum atomic E-state index is 2.41. The van der Waals surface area contributed by atoms with Gasteiger partial charge in [-0.25, -0.2) is 0 Å². The summed E-state index contributed by atoms with van der Waals surface area (Å²) in [6.45, 7) is 13.6. The van der Waals surface area contributed by atoms with Crippen LogP contribution in [0, 0.1) is 41.5 Å². The molecule has 1 heterocycles. The molecule has 0 bridgehead atoms. The lowest BCUT2D eigenvalue weighted by Crippen LogP contribution is -2.46. The van der Waals surface area contributed by atoms with E-state index in [1.165, 1.54) is 66.1 Å². The van der Waals surface area contributed by atoms with Gasteiger partial charge in [0.2, 0.25) is 6.71 Å². The highest BCUT2D eigenvalue weighted by molar-refractivity contribution is 6.90. The van der Waals surface area contributed by atoms with E-state index in [0.717, 1.165) is 0 Å². The van der Waals surface area contributed by atoms with Crippen molar-refractivity contribution < 1.29 is 0 Å². The lowest BCUT2D eigenvalue weighted by atomic mass is 9.37. The lowest BCUT2D eigenvalue weighted by molar-refractivity contribution is 1.29. The van der Waals surface area contributed by atoms with E-state index in [-0.39, 0.29) is 6.71 Å². The normalized spacial score (nSPS) is 11.7. The first kappa shape index (κ1) is 22.3. The molecule has 2 heteroatoms. The summed E-state index contributed by atoms with van der Waals surface area (Å²) in [4.78, 5) is 0. The molecule has 5 rings (SSSR count). The Bertz CT molecular complexity index is 1410. The Morgan fingerprint density at radius 2 is 0.941 bits per heavy atom. The third kappa shape index (κ3) is 3.78. The van der Waals surface area contributed by atoms with Crippen molar-refractivity contribution >= 4 is 45.6 Å². The first-order valence-electron chi connectivity index (χ1n) is 12.2. The molecule has 168 valence electrons. The highest BCUT2D eigenvalue weighted by Gasteiger charge is 2.24. The van der Waals surface area contributed by atoms with E-state index in [9.17, 15) is 0 Å². The number of aryl methyl sites for hydroxylation is 6. The van der Waals surface area contributed by atoms with Gasteiger partial charge in [0.25, 0.3) is 0 Å². The zero-order chi connectivity index (χ0) is 24.0. The molecule has 34 heavy (non-hydrogen) atoms. The summed E-state index contributed by atoms with van der Waals surface area (Å²) in [6.07, 6.45) is 2.30. The van der Waals surface area contributed by atoms with Crippen LogP contribution in [0.25, 0.3) is 28.0 Å². The van der Waals surface area contributed by atoms with Gasteiger partial charge in [-0.2, -0.15) is 0 Å². The molecule has 0 atom stereocenters. The van der Waals surface area contributed by atoms with Crippen LogP contribution in [0.4, 0.5) is 0 Å². The van der Waals surface area contributed by atoms with Gasteiger partial charge in [-0.3, -0.25) is 0 Å². The molecule has 0 unspecified atom stereocenters. The molecule has 1 aromatic heterocycles. The number of nitrogens with zero attached hydrogens (tertiary/aromatic N) is 1. The molecule has 0 aliphatic carbocycles. The van der Waals surface area contributed by atoms with Gasteiger partial charge in [-0.1, -0.05) is 111 Å². The van der Waals surface area contributed by atoms with Crippen molar-refractivity contribution in [3.63, 3.8) is 0 Å². The van der Waals surface area contributed by atoms with E-state index in [4.69, 9.17) is 0 Å². The molecule has 1 nitrogen and oxygen atoms in total. The van der Waals surface area contributed by atoms with Crippen molar-refractivity contribution in [2.24, 2.45) is 0 Å². The van der Waals surface area contributed by atoms with Gasteiger partial charge in [0.15, 0.2) is 0 Å². The van der Waals surface area contributed by atoms with E-state index in [1.807, 2.05) is 0 Å². The van der Waals surface area contributed by atoms with Crippen LogP contribution in [0.1, 0.15) is 33.4 Å². The minimum atomic E-state index is 0.182. The molecule has 0 amide bonds. The number of para-hydroxylation sites is 2. The average molecular weight is 441 g/mol. The minimum Gasteiger partial charge on any atom is -0.317 e. The van der Waals surface area contributed by atoms with Gasteiger partial charge in [0.1, 0.15) is 0 Å². The highest BCUT2D eigenvalue weighted by Crippen LogP contribution is 2.29. The van der Waals surface area contributed by atoms with Gasteiger partial charge in [0, 0.05) is 10.8 Å². The minimum absolute atomic E-state index is 0.182. The number of aromatic nitrogens is 1. The number of benzene rings is 4. The Morgan fingerprint density at radius 1 is 0.559 bits per heavy atom. The topological polar surface area (TPSA) is 4.93 Å². The third-order valence-corrected chi connectivity index (χ3v) is 7.14. The molecule has 0 radical (unpaired) electrons. The number of hydrogen-bond acceptors (Lipinski definition) is 0. The van der Waals surface area contributed by atoms with Crippen molar-refractivity contribution in [1.82, 2.24) is 4.57 Å². The van der Waals surface area contributed by atoms with Gasteiger partial charge in [0.05, 0.1) is 11.0 Å². The monoisotopic (exact) mass is 441 g/mol. The smallest absolute Gasteiger partial charge is 0.236 e. The van der Waals surface area contributed by atoms with Crippen LogP contribution < -0.4 is 10.9 Å². The first-order valence-corrected chi connectivity index (χ1v) is 12.2. The van der Waals surface area contributed by atoms with Crippen LogP contribution in [0.2, 0.25) is 0 Å². The van der Waals surface area contributed by atoms with Crippen LogP contribution in [-0.4, -0.2) is 11.3 Å². The molecule has 5 aromatic rings. The largest absolute Gasteiger partial charge is 0.317 e. The van der Waals surface area contributed by atoms with Crippen LogP contribution >= 0.6 is 0 Å².